The van der Waals surface area contributed by atoms with Crippen molar-refractivity contribution in [1.82, 2.24) is 4.98 Å². The number of hydrogen-bond donors (Lipinski definition) is 2. The van der Waals surface area contributed by atoms with Crippen LogP contribution in [0.4, 0.5) is 11.5 Å². The SMILES string of the molecule is Cc1ccc(NC(=O)c2cc3ccc(O)cc3oc2=Nc2ccc(C)cc2C)nc1. The number of carbonyl (C=O) groups is 1. The van der Waals surface area contributed by atoms with E-state index in [9.17, 15) is 9.90 Å². The highest BCUT2D eigenvalue weighted by Gasteiger charge is 2.14. The van der Waals surface area contributed by atoms with E-state index in [1.165, 1.54) is 6.07 Å². The van der Waals surface area contributed by atoms with Crippen LogP contribution in [0.2, 0.25) is 0 Å². The van der Waals surface area contributed by atoms with Gasteiger partial charge in [-0.3, -0.25) is 4.79 Å². The molecule has 0 aliphatic carbocycles. The van der Waals surface area contributed by atoms with Gasteiger partial charge in [0.05, 0.1) is 5.69 Å². The van der Waals surface area contributed by atoms with Gasteiger partial charge in [0.25, 0.3) is 5.91 Å². The lowest BCUT2D eigenvalue weighted by molar-refractivity contribution is 0.102. The number of aromatic nitrogens is 1. The van der Waals surface area contributed by atoms with Crippen molar-refractivity contribution in [2.24, 2.45) is 4.99 Å². The number of carbonyl (C=O) groups excluding carboxylic acids is 1. The van der Waals surface area contributed by atoms with Crippen LogP contribution in [-0.2, 0) is 0 Å². The second-order valence-corrected chi connectivity index (χ2v) is 7.26. The van der Waals surface area contributed by atoms with Crippen molar-refractivity contribution in [1.29, 1.82) is 0 Å². The summed E-state index contributed by atoms with van der Waals surface area (Å²) in [5, 5.41) is 13.3. The van der Waals surface area contributed by atoms with E-state index in [-0.39, 0.29) is 22.8 Å². The fraction of sp³-hybridized carbons (Fsp3) is 0.125. The van der Waals surface area contributed by atoms with Crippen LogP contribution in [0, 0.1) is 20.8 Å². The van der Waals surface area contributed by atoms with Crippen molar-refractivity contribution >= 4 is 28.4 Å². The molecule has 150 valence electrons. The Bertz CT molecular complexity index is 1320. The first-order chi connectivity index (χ1) is 14.4. The molecule has 2 heterocycles. The molecule has 0 atom stereocenters. The first-order valence-corrected chi connectivity index (χ1v) is 9.52. The number of phenols is 1. The minimum atomic E-state index is -0.381. The zero-order valence-electron chi connectivity index (χ0n) is 16.9. The summed E-state index contributed by atoms with van der Waals surface area (Å²) in [7, 11) is 0. The molecule has 1 amide bonds. The zero-order valence-corrected chi connectivity index (χ0v) is 16.9. The smallest absolute Gasteiger partial charge is 0.262 e. The predicted octanol–water partition coefficient (Wildman–Crippen LogP) is 4.94. The number of pyridine rings is 1. The molecule has 30 heavy (non-hydrogen) atoms. The lowest BCUT2D eigenvalue weighted by Crippen LogP contribution is -2.22. The van der Waals surface area contributed by atoms with Gasteiger partial charge in [0, 0.05) is 17.6 Å². The molecule has 0 aliphatic heterocycles. The highest BCUT2D eigenvalue weighted by molar-refractivity contribution is 6.05. The number of phenolic OH excluding ortho intramolecular Hbond substituents is 1. The van der Waals surface area contributed by atoms with Gasteiger partial charge in [0.15, 0.2) is 0 Å². The minimum absolute atomic E-state index is 0.0739. The van der Waals surface area contributed by atoms with Crippen LogP contribution in [0.1, 0.15) is 27.0 Å². The van der Waals surface area contributed by atoms with Crippen LogP contribution >= 0.6 is 0 Å². The van der Waals surface area contributed by atoms with Crippen LogP contribution in [0.3, 0.4) is 0 Å². The standard InChI is InChI=1S/C24H21N3O3/c1-14-4-8-20(16(3)10-14)26-24-19(11-17-6-7-18(28)12-21(17)30-24)23(29)27-22-9-5-15(2)13-25-22/h4-13,28H,1-3H3,(H,25,27,29). The summed E-state index contributed by atoms with van der Waals surface area (Å²) in [6.45, 7) is 5.89. The summed E-state index contributed by atoms with van der Waals surface area (Å²) in [5.41, 5.74) is 4.65. The van der Waals surface area contributed by atoms with Crippen molar-refractivity contribution in [3.05, 3.63) is 88.6 Å². The highest BCUT2D eigenvalue weighted by atomic mass is 16.3. The zero-order chi connectivity index (χ0) is 21.3. The molecular formula is C24H21N3O3. The normalized spacial score (nSPS) is 11.6. The van der Waals surface area contributed by atoms with E-state index in [4.69, 9.17) is 4.42 Å². The number of fused-ring (bicyclic) bond motifs is 1. The number of benzene rings is 2. The molecule has 0 saturated carbocycles. The van der Waals surface area contributed by atoms with E-state index in [0.717, 1.165) is 16.7 Å². The second kappa shape index (κ2) is 7.83. The summed E-state index contributed by atoms with van der Waals surface area (Å²) in [4.78, 5) is 21.9. The molecule has 0 aliphatic rings. The molecule has 0 fully saturated rings. The predicted molar refractivity (Wildman–Crippen MR) is 116 cm³/mol. The fourth-order valence-electron chi connectivity index (χ4n) is 3.12. The summed E-state index contributed by atoms with van der Waals surface area (Å²) >= 11 is 0. The highest BCUT2D eigenvalue weighted by Crippen LogP contribution is 2.22. The Kier molecular flexibility index (Phi) is 5.06. The maximum absolute atomic E-state index is 13.0. The summed E-state index contributed by atoms with van der Waals surface area (Å²) in [6.07, 6.45) is 1.68. The molecule has 6 heteroatoms. The minimum Gasteiger partial charge on any atom is -0.508 e. The van der Waals surface area contributed by atoms with Crippen molar-refractivity contribution in [2.75, 3.05) is 5.32 Å². The molecule has 6 nitrogen and oxygen atoms in total. The maximum atomic E-state index is 13.0. The molecule has 2 aromatic carbocycles. The van der Waals surface area contributed by atoms with Crippen LogP contribution < -0.4 is 10.9 Å². The number of anilines is 1. The number of rotatable bonds is 3. The van der Waals surface area contributed by atoms with Gasteiger partial charge in [-0.15, -0.1) is 0 Å². The van der Waals surface area contributed by atoms with Gasteiger partial charge < -0.3 is 14.8 Å². The maximum Gasteiger partial charge on any atom is 0.262 e. The van der Waals surface area contributed by atoms with E-state index >= 15 is 0 Å². The summed E-state index contributed by atoms with van der Waals surface area (Å²) < 4.78 is 5.93. The van der Waals surface area contributed by atoms with Crippen LogP contribution in [-0.4, -0.2) is 16.0 Å². The lowest BCUT2D eigenvalue weighted by Gasteiger charge is -2.08. The van der Waals surface area contributed by atoms with Crippen LogP contribution in [0.5, 0.6) is 5.75 Å². The number of amides is 1. The third-order valence-corrected chi connectivity index (χ3v) is 4.71. The van der Waals surface area contributed by atoms with Gasteiger partial charge >= 0.3 is 0 Å². The molecule has 0 unspecified atom stereocenters. The van der Waals surface area contributed by atoms with Crippen LogP contribution in [0.25, 0.3) is 11.0 Å². The Balaban J connectivity index is 1.86. The first kappa shape index (κ1) is 19.4. The largest absolute Gasteiger partial charge is 0.508 e. The molecule has 0 bridgehead atoms. The van der Waals surface area contributed by atoms with E-state index in [0.29, 0.717) is 22.5 Å². The Morgan fingerprint density at radius 1 is 1.00 bits per heavy atom. The number of aromatic hydroxyl groups is 1. The number of hydrogen-bond acceptors (Lipinski definition) is 5. The monoisotopic (exact) mass is 399 g/mol. The topological polar surface area (TPSA) is 87.7 Å². The molecule has 0 spiro atoms. The third kappa shape index (κ3) is 4.07. The van der Waals surface area contributed by atoms with Gasteiger partial charge in [-0.05, 0) is 62.2 Å². The quantitative estimate of drug-likeness (QED) is 0.511. The van der Waals surface area contributed by atoms with E-state index in [1.54, 1.807) is 30.5 Å². The molecule has 4 rings (SSSR count). The molecule has 2 aromatic heterocycles. The van der Waals surface area contributed by atoms with Gasteiger partial charge in [-0.25, -0.2) is 9.98 Å². The number of nitrogens with zero attached hydrogens (tertiary/aromatic N) is 2. The van der Waals surface area contributed by atoms with Crippen molar-refractivity contribution in [3.8, 4) is 5.75 Å². The Morgan fingerprint density at radius 3 is 2.53 bits per heavy atom. The summed E-state index contributed by atoms with van der Waals surface area (Å²) in [6, 6.07) is 15.9. The second-order valence-electron chi connectivity index (χ2n) is 7.26. The van der Waals surface area contributed by atoms with Gasteiger partial charge in [-0.2, -0.15) is 0 Å². The van der Waals surface area contributed by atoms with E-state index in [1.807, 2.05) is 45.0 Å². The Hall–Kier alpha value is -3.93. The van der Waals surface area contributed by atoms with Crippen LogP contribution in [0.15, 0.2) is 70.2 Å². The van der Waals surface area contributed by atoms with Gasteiger partial charge in [0.1, 0.15) is 22.7 Å². The average molecular weight is 399 g/mol. The molecular weight excluding hydrogens is 378 g/mol. The number of aryl methyl sites for hydroxylation is 3. The Labute approximate surface area is 173 Å². The Morgan fingerprint density at radius 2 is 1.80 bits per heavy atom. The third-order valence-electron chi connectivity index (χ3n) is 4.71. The number of nitrogens with one attached hydrogen (secondary N) is 1. The van der Waals surface area contributed by atoms with Crippen molar-refractivity contribution in [3.63, 3.8) is 0 Å². The van der Waals surface area contributed by atoms with Gasteiger partial charge in [-0.1, -0.05) is 23.8 Å². The lowest BCUT2D eigenvalue weighted by atomic mass is 10.1. The summed E-state index contributed by atoms with van der Waals surface area (Å²) in [5.74, 6) is 0.132. The fourth-order valence-corrected chi connectivity index (χ4v) is 3.12. The van der Waals surface area contributed by atoms with Crippen molar-refractivity contribution < 1.29 is 14.3 Å². The molecule has 0 saturated heterocycles. The first-order valence-electron chi connectivity index (χ1n) is 9.52. The molecule has 4 aromatic rings. The average Bonchev–Trinajstić information content (AvgIpc) is 2.71. The van der Waals surface area contributed by atoms with Crippen molar-refractivity contribution in [2.45, 2.75) is 20.8 Å². The van der Waals surface area contributed by atoms with E-state index < -0.39 is 0 Å². The van der Waals surface area contributed by atoms with Gasteiger partial charge in [0.2, 0.25) is 5.55 Å². The molecule has 2 N–H and O–H groups in total. The molecule has 0 radical (unpaired) electrons. The van der Waals surface area contributed by atoms with E-state index in [2.05, 4.69) is 15.3 Å².